The largest absolute Gasteiger partial charge is 0.462 e. The van der Waals surface area contributed by atoms with E-state index in [1.54, 1.807) is 13.8 Å². The van der Waals surface area contributed by atoms with Crippen LogP contribution in [0.3, 0.4) is 0 Å². The molecule has 0 radical (unpaired) electrons. The first-order chi connectivity index (χ1) is 6.29. The minimum atomic E-state index is -3.98. The van der Waals surface area contributed by atoms with Crippen LogP contribution in [0.2, 0.25) is 0 Å². The van der Waals surface area contributed by atoms with Crippen LogP contribution in [0.1, 0.15) is 13.8 Å². The standard InChI is InChI=1S/C6H10Cl3O4P/c1-3-12-5(10)6(7,13-4-2)14(8,9)11/h3-4H2,1-2H3. The van der Waals surface area contributed by atoms with Gasteiger partial charge in [-0.25, -0.2) is 4.79 Å². The van der Waals surface area contributed by atoms with Gasteiger partial charge in [0.15, 0.2) is 0 Å². The van der Waals surface area contributed by atoms with Crippen molar-refractivity contribution >= 4 is 45.9 Å². The van der Waals surface area contributed by atoms with Gasteiger partial charge in [0.25, 0.3) is 0 Å². The second-order valence-corrected chi connectivity index (χ2v) is 7.90. The van der Waals surface area contributed by atoms with Crippen LogP contribution in [0.25, 0.3) is 0 Å². The summed E-state index contributed by atoms with van der Waals surface area (Å²) in [6.07, 6.45) is 0. The van der Waals surface area contributed by atoms with Crippen LogP contribution in [-0.2, 0) is 18.8 Å². The van der Waals surface area contributed by atoms with E-state index in [1.807, 2.05) is 0 Å². The van der Waals surface area contributed by atoms with Crippen molar-refractivity contribution in [3.63, 3.8) is 0 Å². The van der Waals surface area contributed by atoms with E-state index in [0.29, 0.717) is 0 Å². The molecule has 0 heterocycles. The third kappa shape index (κ3) is 3.28. The third-order valence-corrected chi connectivity index (χ3v) is 5.10. The monoisotopic (exact) mass is 282 g/mol. The van der Waals surface area contributed by atoms with Crippen LogP contribution in [0, 0.1) is 0 Å². The first-order valence-corrected chi connectivity index (χ1v) is 7.68. The van der Waals surface area contributed by atoms with E-state index >= 15 is 0 Å². The van der Waals surface area contributed by atoms with Gasteiger partial charge in [0.2, 0.25) is 0 Å². The Labute approximate surface area is 96.7 Å². The second kappa shape index (κ2) is 5.57. The highest BCUT2D eigenvalue weighted by Gasteiger charge is 2.54. The fourth-order valence-electron chi connectivity index (χ4n) is 0.652. The van der Waals surface area contributed by atoms with Crippen molar-refractivity contribution in [3.8, 4) is 0 Å². The quantitative estimate of drug-likeness (QED) is 0.442. The Morgan fingerprint density at radius 1 is 1.36 bits per heavy atom. The van der Waals surface area contributed by atoms with Crippen LogP contribution >= 0.6 is 39.9 Å². The van der Waals surface area contributed by atoms with Gasteiger partial charge in [-0.05, 0) is 36.3 Å². The zero-order valence-corrected chi connectivity index (χ0v) is 10.8. The van der Waals surface area contributed by atoms with E-state index in [0.717, 1.165) is 0 Å². The highest BCUT2D eigenvalue weighted by atomic mass is 35.9. The van der Waals surface area contributed by atoms with Crippen molar-refractivity contribution in [1.82, 2.24) is 0 Å². The van der Waals surface area contributed by atoms with Crippen molar-refractivity contribution in [2.75, 3.05) is 13.2 Å². The van der Waals surface area contributed by atoms with Crippen LogP contribution in [-0.4, -0.2) is 24.0 Å². The molecule has 0 aromatic heterocycles. The lowest BCUT2D eigenvalue weighted by Gasteiger charge is -2.24. The molecule has 0 aliphatic rings. The Balaban J connectivity index is 4.90. The summed E-state index contributed by atoms with van der Waals surface area (Å²) in [5, 5.41) is 0. The minimum absolute atomic E-state index is 0.0335. The molecular formula is C6H10Cl3O4P. The topological polar surface area (TPSA) is 52.6 Å². The highest BCUT2D eigenvalue weighted by molar-refractivity contribution is 8.10. The summed E-state index contributed by atoms with van der Waals surface area (Å²) in [6, 6.07) is 0. The molecule has 1 unspecified atom stereocenters. The summed E-state index contributed by atoms with van der Waals surface area (Å²) in [5.41, 5.74) is 0. The van der Waals surface area contributed by atoms with Crippen molar-refractivity contribution in [2.24, 2.45) is 0 Å². The summed E-state index contributed by atoms with van der Waals surface area (Å²) in [5.74, 6) is -5.02. The molecule has 1 atom stereocenters. The number of alkyl halides is 1. The predicted octanol–water partition coefficient (Wildman–Crippen LogP) is 3.15. The fraction of sp³-hybridized carbons (Fsp3) is 0.833. The molecule has 0 fully saturated rings. The van der Waals surface area contributed by atoms with Gasteiger partial charge in [-0.15, -0.1) is 0 Å². The van der Waals surface area contributed by atoms with E-state index < -0.39 is 16.6 Å². The normalized spacial score (nSPS) is 16.1. The zero-order chi connectivity index (χ0) is 11.4. The minimum Gasteiger partial charge on any atom is -0.462 e. The van der Waals surface area contributed by atoms with Gasteiger partial charge >= 0.3 is 16.6 Å². The number of ether oxygens (including phenoxy) is 2. The molecule has 0 amide bonds. The molecule has 0 aliphatic heterocycles. The summed E-state index contributed by atoms with van der Waals surface area (Å²) in [6.45, 7) is 3.22. The van der Waals surface area contributed by atoms with E-state index in [9.17, 15) is 9.36 Å². The summed E-state index contributed by atoms with van der Waals surface area (Å²) in [4.78, 5) is 8.98. The SMILES string of the molecule is CCOC(=O)C(Cl)(OCC)P(=O)(Cl)Cl. The molecule has 0 saturated carbocycles. The van der Waals surface area contributed by atoms with Crippen molar-refractivity contribution < 1.29 is 18.8 Å². The molecule has 0 N–H and O–H groups in total. The van der Waals surface area contributed by atoms with Gasteiger partial charge in [0.1, 0.15) is 0 Å². The van der Waals surface area contributed by atoms with Crippen molar-refractivity contribution in [1.29, 1.82) is 0 Å². The van der Waals surface area contributed by atoms with Gasteiger partial charge in [0.05, 0.1) is 6.61 Å². The third-order valence-electron chi connectivity index (χ3n) is 1.20. The second-order valence-electron chi connectivity index (χ2n) is 2.18. The lowest BCUT2D eigenvalue weighted by atomic mass is 10.7. The number of hydrogen-bond acceptors (Lipinski definition) is 4. The fourth-order valence-corrected chi connectivity index (χ4v) is 2.08. The lowest BCUT2D eigenvalue weighted by Crippen LogP contribution is -2.35. The lowest BCUT2D eigenvalue weighted by molar-refractivity contribution is -0.154. The molecule has 0 aromatic carbocycles. The smallest absolute Gasteiger partial charge is 0.365 e. The van der Waals surface area contributed by atoms with Gasteiger partial charge < -0.3 is 9.47 Å². The Morgan fingerprint density at radius 2 is 1.86 bits per heavy atom. The van der Waals surface area contributed by atoms with Crippen molar-refractivity contribution in [2.45, 2.75) is 18.6 Å². The molecule has 0 bridgehead atoms. The number of rotatable bonds is 5. The van der Waals surface area contributed by atoms with E-state index in [-0.39, 0.29) is 13.2 Å². The van der Waals surface area contributed by atoms with Gasteiger partial charge in [0, 0.05) is 6.61 Å². The Morgan fingerprint density at radius 3 is 2.14 bits per heavy atom. The summed E-state index contributed by atoms with van der Waals surface area (Å²) >= 11 is 16.2. The Hall–Kier alpha value is 0.530. The average Bonchev–Trinajstić information content (AvgIpc) is 2.03. The Kier molecular flexibility index (Phi) is 5.78. The van der Waals surface area contributed by atoms with E-state index in [4.69, 9.17) is 38.8 Å². The number of carbonyl (C=O) groups is 1. The number of hydrogen-bond donors (Lipinski definition) is 0. The molecule has 0 aliphatic carbocycles. The summed E-state index contributed by atoms with van der Waals surface area (Å²) < 4.78 is 20.6. The van der Waals surface area contributed by atoms with E-state index in [1.165, 1.54) is 0 Å². The Bertz CT molecular complexity index is 253. The molecular weight excluding hydrogens is 273 g/mol. The number of esters is 1. The predicted molar refractivity (Wildman–Crippen MR) is 56.2 cm³/mol. The van der Waals surface area contributed by atoms with Gasteiger partial charge in [-0.2, -0.15) is 0 Å². The number of halogens is 3. The van der Waals surface area contributed by atoms with Crippen LogP contribution in [0.5, 0.6) is 0 Å². The first-order valence-electron chi connectivity index (χ1n) is 3.79. The molecule has 0 aromatic rings. The maximum atomic E-state index is 11.3. The van der Waals surface area contributed by atoms with E-state index in [2.05, 4.69) is 4.74 Å². The maximum absolute atomic E-state index is 11.3. The molecule has 84 valence electrons. The van der Waals surface area contributed by atoms with Gasteiger partial charge in [-0.1, -0.05) is 11.6 Å². The molecule has 14 heavy (non-hydrogen) atoms. The average molecular weight is 283 g/mol. The van der Waals surface area contributed by atoms with Crippen LogP contribution in [0.4, 0.5) is 0 Å². The van der Waals surface area contributed by atoms with Crippen molar-refractivity contribution in [3.05, 3.63) is 0 Å². The van der Waals surface area contributed by atoms with Crippen LogP contribution < -0.4 is 0 Å². The zero-order valence-electron chi connectivity index (χ0n) is 7.63. The number of carbonyl (C=O) groups excluding carboxylic acids is 1. The molecule has 4 nitrogen and oxygen atoms in total. The first kappa shape index (κ1) is 14.5. The molecule has 8 heteroatoms. The highest BCUT2D eigenvalue weighted by Crippen LogP contribution is 2.69. The molecule has 0 rings (SSSR count). The molecule has 0 spiro atoms. The maximum Gasteiger partial charge on any atom is 0.365 e. The molecule has 0 saturated heterocycles. The summed E-state index contributed by atoms with van der Waals surface area (Å²) in [7, 11) is 0. The van der Waals surface area contributed by atoms with Crippen LogP contribution in [0.15, 0.2) is 0 Å². The van der Waals surface area contributed by atoms with Gasteiger partial charge in [-0.3, -0.25) is 4.57 Å².